The van der Waals surface area contributed by atoms with Crippen LogP contribution in [0.3, 0.4) is 0 Å². The van der Waals surface area contributed by atoms with Crippen LogP contribution in [-0.4, -0.2) is 38.5 Å². The van der Waals surface area contributed by atoms with E-state index in [1.807, 2.05) is 0 Å². The Labute approximate surface area is 106 Å². The van der Waals surface area contributed by atoms with Gasteiger partial charge in [-0.15, -0.1) is 0 Å². The van der Waals surface area contributed by atoms with E-state index in [2.05, 4.69) is 26.1 Å². The van der Waals surface area contributed by atoms with E-state index in [4.69, 9.17) is 9.47 Å². The molecule has 0 aromatic rings. The first-order valence-corrected chi connectivity index (χ1v) is 7.23. The largest absolute Gasteiger partial charge is 0.378 e. The van der Waals surface area contributed by atoms with Gasteiger partial charge in [-0.2, -0.15) is 0 Å². The van der Waals surface area contributed by atoms with Gasteiger partial charge in [0.1, 0.15) is 0 Å². The van der Waals surface area contributed by atoms with Gasteiger partial charge in [-0.1, -0.05) is 33.6 Å². The minimum atomic E-state index is 0.327. The van der Waals surface area contributed by atoms with Crippen LogP contribution < -0.4 is 5.32 Å². The van der Waals surface area contributed by atoms with Crippen molar-refractivity contribution in [3.8, 4) is 0 Å². The van der Waals surface area contributed by atoms with Gasteiger partial charge in [0.05, 0.1) is 18.8 Å². The second kappa shape index (κ2) is 8.90. The van der Waals surface area contributed by atoms with Gasteiger partial charge in [-0.05, 0) is 25.3 Å². The molecule has 1 saturated heterocycles. The molecule has 3 heteroatoms. The topological polar surface area (TPSA) is 30.5 Å². The molecule has 0 aliphatic carbocycles. The van der Waals surface area contributed by atoms with Crippen molar-refractivity contribution in [3.05, 3.63) is 0 Å². The molecule has 0 radical (unpaired) electrons. The Morgan fingerprint density at radius 2 is 1.88 bits per heavy atom. The molecular weight excluding hydrogens is 214 g/mol. The Hall–Kier alpha value is -0.120. The zero-order chi connectivity index (χ0) is 12.5. The maximum Gasteiger partial charge on any atom is 0.0813 e. The molecule has 1 N–H and O–H groups in total. The summed E-state index contributed by atoms with van der Waals surface area (Å²) in [6.45, 7) is 10.3. The van der Waals surface area contributed by atoms with Crippen LogP contribution in [0.4, 0.5) is 0 Å². The van der Waals surface area contributed by atoms with Crippen LogP contribution in [0.15, 0.2) is 0 Å². The lowest BCUT2D eigenvalue weighted by Crippen LogP contribution is -2.28. The predicted octanol–water partition coefficient (Wildman–Crippen LogP) is 2.60. The summed E-state index contributed by atoms with van der Waals surface area (Å²) in [5.41, 5.74) is 0. The smallest absolute Gasteiger partial charge is 0.0813 e. The fourth-order valence-corrected chi connectivity index (χ4v) is 2.25. The molecule has 0 aromatic carbocycles. The molecule has 0 amide bonds. The van der Waals surface area contributed by atoms with Crippen molar-refractivity contribution < 1.29 is 9.47 Å². The van der Waals surface area contributed by atoms with Crippen LogP contribution in [0.5, 0.6) is 0 Å². The van der Waals surface area contributed by atoms with E-state index in [1.165, 1.54) is 19.3 Å². The molecule has 1 aliphatic rings. The van der Waals surface area contributed by atoms with Gasteiger partial charge in [0, 0.05) is 13.2 Å². The number of nitrogens with one attached hydrogen (secondary N) is 1. The van der Waals surface area contributed by atoms with Crippen LogP contribution in [-0.2, 0) is 9.47 Å². The third kappa shape index (κ3) is 5.84. The number of ether oxygens (including phenoxy) is 2. The van der Waals surface area contributed by atoms with Crippen LogP contribution >= 0.6 is 0 Å². The highest BCUT2D eigenvalue weighted by Crippen LogP contribution is 2.20. The summed E-state index contributed by atoms with van der Waals surface area (Å²) >= 11 is 0. The van der Waals surface area contributed by atoms with Gasteiger partial charge in [0.25, 0.3) is 0 Å². The van der Waals surface area contributed by atoms with Crippen LogP contribution in [0, 0.1) is 5.92 Å². The summed E-state index contributed by atoms with van der Waals surface area (Å²) in [6, 6.07) is 0. The molecule has 1 fully saturated rings. The Kier molecular flexibility index (Phi) is 7.82. The highest BCUT2D eigenvalue weighted by Gasteiger charge is 2.24. The second-order valence-corrected chi connectivity index (χ2v) is 4.99. The molecule has 102 valence electrons. The van der Waals surface area contributed by atoms with E-state index < -0.39 is 0 Å². The first kappa shape index (κ1) is 14.9. The average molecular weight is 243 g/mol. The van der Waals surface area contributed by atoms with Gasteiger partial charge in [0.15, 0.2) is 0 Å². The molecule has 2 unspecified atom stereocenters. The quantitative estimate of drug-likeness (QED) is 0.675. The minimum Gasteiger partial charge on any atom is -0.378 e. The van der Waals surface area contributed by atoms with Gasteiger partial charge in [-0.25, -0.2) is 0 Å². The maximum atomic E-state index is 5.93. The van der Waals surface area contributed by atoms with Crippen molar-refractivity contribution in [2.45, 2.75) is 58.7 Å². The maximum absolute atomic E-state index is 5.93. The SMILES string of the molecule is CCNCC1CCC(COCC(CC)CC)O1. The number of hydrogen-bond donors (Lipinski definition) is 1. The normalized spacial score (nSPS) is 24.7. The van der Waals surface area contributed by atoms with E-state index in [9.17, 15) is 0 Å². The molecule has 2 atom stereocenters. The zero-order valence-corrected chi connectivity index (χ0v) is 11.7. The van der Waals surface area contributed by atoms with E-state index in [1.54, 1.807) is 0 Å². The van der Waals surface area contributed by atoms with Crippen molar-refractivity contribution in [1.29, 1.82) is 0 Å². The highest BCUT2D eigenvalue weighted by molar-refractivity contribution is 4.75. The fourth-order valence-electron chi connectivity index (χ4n) is 2.25. The summed E-state index contributed by atoms with van der Waals surface area (Å²) in [5.74, 6) is 0.717. The molecule has 0 aromatic heterocycles. The minimum absolute atomic E-state index is 0.327. The van der Waals surface area contributed by atoms with Crippen molar-refractivity contribution in [3.63, 3.8) is 0 Å². The van der Waals surface area contributed by atoms with E-state index in [0.29, 0.717) is 18.1 Å². The molecule has 0 bridgehead atoms. The number of rotatable bonds is 9. The molecule has 0 saturated carbocycles. The molecule has 1 aliphatic heterocycles. The molecule has 17 heavy (non-hydrogen) atoms. The molecular formula is C14H29NO2. The Balaban J connectivity index is 2.05. The lowest BCUT2D eigenvalue weighted by atomic mass is 10.1. The molecule has 3 nitrogen and oxygen atoms in total. The van der Waals surface area contributed by atoms with Gasteiger partial charge in [0.2, 0.25) is 0 Å². The standard InChI is InChI=1S/C14H29NO2/c1-4-12(5-2)10-16-11-14-8-7-13(17-14)9-15-6-3/h12-15H,4-11H2,1-3H3. The number of likely N-dealkylation sites (N-methyl/N-ethyl adjacent to an activating group) is 1. The monoisotopic (exact) mass is 243 g/mol. The third-order valence-electron chi connectivity index (χ3n) is 3.63. The second-order valence-electron chi connectivity index (χ2n) is 4.99. The van der Waals surface area contributed by atoms with Crippen molar-refractivity contribution >= 4 is 0 Å². The van der Waals surface area contributed by atoms with Crippen molar-refractivity contribution in [1.82, 2.24) is 5.32 Å². The zero-order valence-electron chi connectivity index (χ0n) is 11.7. The Morgan fingerprint density at radius 3 is 2.53 bits per heavy atom. The highest BCUT2D eigenvalue weighted by atomic mass is 16.5. The summed E-state index contributed by atoms with van der Waals surface area (Å²) in [6.07, 6.45) is 5.48. The summed E-state index contributed by atoms with van der Waals surface area (Å²) in [4.78, 5) is 0. The van der Waals surface area contributed by atoms with Gasteiger partial charge >= 0.3 is 0 Å². The van der Waals surface area contributed by atoms with E-state index >= 15 is 0 Å². The Bertz CT molecular complexity index is 183. The van der Waals surface area contributed by atoms with Gasteiger partial charge in [-0.3, -0.25) is 0 Å². The molecule has 1 heterocycles. The van der Waals surface area contributed by atoms with Crippen LogP contribution in [0.25, 0.3) is 0 Å². The fraction of sp³-hybridized carbons (Fsp3) is 1.00. The molecule has 0 spiro atoms. The first-order chi connectivity index (χ1) is 8.30. The number of hydrogen-bond acceptors (Lipinski definition) is 3. The average Bonchev–Trinajstić information content (AvgIpc) is 2.80. The van der Waals surface area contributed by atoms with Crippen molar-refractivity contribution in [2.75, 3.05) is 26.3 Å². The lowest BCUT2D eigenvalue weighted by molar-refractivity contribution is -0.0224. The summed E-state index contributed by atoms with van der Waals surface area (Å²) in [5, 5.41) is 3.34. The van der Waals surface area contributed by atoms with Crippen molar-refractivity contribution in [2.24, 2.45) is 5.92 Å². The van der Waals surface area contributed by atoms with Crippen LogP contribution in [0.1, 0.15) is 46.5 Å². The predicted molar refractivity (Wildman–Crippen MR) is 71.3 cm³/mol. The third-order valence-corrected chi connectivity index (χ3v) is 3.63. The van der Waals surface area contributed by atoms with Crippen LogP contribution in [0.2, 0.25) is 0 Å². The van der Waals surface area contributed by atoms with Gasteiger partial charge < -0.3 is 14.8 Å². The first-order valence-electron chi connectivity index (χ1n) is 7.23. The summed E-state index contributed by atoms with van der Waals surface area (Å²) in [7, 11) is 0. The van der Waals surface area contributed by atoms with E-state index in [-0.39, 0.29) is 0 Å². The molecule has 1 rings (SSSR count). The summed E-state index contributed by atoms with van der Waals surface area (Å²) < 4.78 is 11.7. The van der Waals surface area contributed by atoms with E-state index in [0.717, 1.165) is 32.7 Å². The lowest BCUT2D eigenvalue weighted by Gasteiger charge is -2.16. The Morgan fingerprint density at radius 1 is 1.18 bits per heavy atom.